The molecule has 2 aliphatic carbocycles. The molecule has 3 heterocycles. The standard InChI is InChI=1S/C27H29N5O3/c1-2-35-26(34)19-11-13-31(14-12-19)25(33)22-16-29-32(24(22)18-8-9-18)27-28-15-20-10-7-17-5-3-4-6-21(17)23(20)30-27/h3-6,15-16,18-19H,2,7-14H2,1H3. The van der Waals surface area contributed by atoms with Crippen molar-refractivity contribution < 1.29 is 14.3 Å². The third kappa shape index (κ3) is 4.00. The molecule has 1 saturated carbocycles. The quantitative estimate of drug-likeness (QED) is 0.527. The molecule has 0 bridgehead atoms. The molecule has 180 valence electrons. The largest absolute Gasteiger partial charge is 0.466 e. The summed E-state index contributed by atoms with van der Waals surface area (Å²) in [4.78, 5) is 37.0. The first kappa shape index (κ1) is 21.9. The van der Waals surface area contributed by atoms with Crippen molar-refractivity contribution >= 4 is 11.9 Å². The summed E-state index contributed by atoms with van der Waals surface area (Å²) in [6.45, 7) is 3.30. The molecule has 3 aromatic rings. The molecule has 0 radical (unpaired) electrons. The maximum absolute atomic E-state index is 13.5. The van der Waals surface area contributed by atoms with Crippen LogP contribution >= 0.6 is 0 Å². The van der Waals surface area contributed by atoms with E-state index in [1.54, 1.807) is 10.9 Å². The lowest BCUT2D eigenvalue weighted by Gasteiger charge is -2.31. The van der Waals surface area contributed by atoms with Gasteiger partial charge in [-0.2, -0.15) is 5.10 Å². The van der Waals surface area contributed by atoms with Crippen molar-refractivity contribution in [2.45, 2.75) is 51.4 Å². The van der Waals surface area contributed by atoms with Crippen LogP contribution in [0.25, 0.3) is 17.2 Å². The second kappa shape index (κ2) is 8.91. The molecule has 0 spiro atoms. The highest BCUT2D eigenvalue weighted by molar-refractivity contribution is 5.95. The smallest absolute Gasteiger partial charge is 0.309 e. The van der Waals surface area contributed by atoms with Crippen molar-refractivity contribution in [1.29, 1.82) is 0 Å². The minimum absolute atomic E-state index is 0.0243. The van der Waals surface area contributed by atoms with Gasteiger partial charge in [-0.1, -0.05) is 24.3 Å². The minimum Gasteiger partial charge on any atom is -0.466 e. The predicted octanol–water partition coefficient (Wildman–Crippen LogP) is 3.72. The zero-order valence-corrected chi connectivity index (χ0v) is 19.9. The summed E-state index contributed by atoms with van der Waals surface area (Å²) in [7, 11) is 0. The lowest BCUT2D eigenvalue weighted by Crippen LogP contribution is -2.40. The molecule has 0 N–H and O–H groups in total. The number of carbonyl (C=O) groups is 2. The van der Waals surface area contributed by atoms with E-state index < -0.39 is 0 Å². The van der Waals surface area contributed by atoms with Crippen LogP contribution in [0.5, 0.6) is 0 Å². The van der Waals surface area contributed by atoms with Gasteiger partial charge in [-0.25, -0.2) is 14.6 Å². The van der Waals surface area contributed by atoms with E-state index in [-0.39, 0.29) is 17.8 Å². The van der Waals surface area contributed by atoms with E-state index in [1.807, 2.05) is 24.1 Å². The fraction of sp³-hybridized carbons (Fsp3) is 0.444. The Hall–Kier alpha value is -3.55. The first-order valence-electron chi connectivity index (χ1n) is 12.6. The van der Waals surface area contributed by atoms with Crippen molar-refractivity contribution in [3.05, 3.63) is 59.0 Å². The lowest BCUT2D eigenvalue weighted by molar-refractivity contribution is -0.149. The number of rotatable bonds is 5. The Bertz CT molecular complexity index is 1290. The van der Waals surface area contributed by atoms with Crippen molar-refractivity contribution in [1.82, 2.24) is 24.6 Å². The van der Waals surface area contributed by atoms with E-state index in [9.17, 15) is 9.59 Å². The number of fused-ring (bicyclic) bond motifs is 3. The highest BCUT2D eigenvalue weighted by Crippen LogP contribution is 2.43. The molecule has 35 heavy (non-hydrogen) atoms. The van der Waals surface area contributed by atoms with Crippen LogP contribution in [-0.2, 0) is 22.4 Å². The van der Waals surface area contributed by atoms with Crippen molar-refractivity contribution in [3.63, 3.8) is 0 Å². The molecular weight excluding hydrogens is 442 g/mol. The van der Waals surface area contributed by atoms with Crippen LogP contribution in [0.1, 0.15) is 65.7 Å². The Morgan fingerprint density at radius 2 is 1.80 bits per heavy atom. The van der Waals surface area contributed by atoms with E-state index >= 15 is 0 Å². The summed E-state index contributed by atoms with van der Waals surface area (Å²) >= 11 is 0. The number of benzene rings is 1. The molecular formula is C27H29N5O3. The van der Waals surface area contributed by atoms with Gasteiger partial charge in [0.2, 0.25) is 0 Å². The Labute approximate surface area is 204 Å². The fourth-order valence-electron chi connectivity index (χ4n) is 5.33. The van der Waals surface area contributed by atoms with Gasteiger partial charge in [0.1, 0.15) is 0 Å². The lowest BCUT2D eigenvalue weighted by atomic mass is 9.90. The van der Waals surface area contributed by atoms with Gasteiger partial charge >= 0.3 is 5.97 Å². The normalized spacial score (nSPS) is 17.6. The monoisotopic (exact) mass is 471 g/mol. The van der Waals surface area contributed by atoms with E-state index in [0.29, 0.717) is 50.0 Å². The second-order valence-electron chi connectivity index (χ2n) is 9.65. The molecule has 2 aromatic heterocycles. The third-order valence-electron chi connectivity index (χ3n) is 7.38. The zero-order chi connectivity index (χ0) is 23.9. The van der Waals surface area contributed by atoms with Crippen molar-refractivity contribution in [2.75, 3.05) is 19.7 Å². The molecule has 1 amide bonds. The molecule has 1 aromatic carbocycles. The third-order valence-corrected chi connectivity index (χ3v) is 7.38. The number of likely N-dealkylation sites (tertiary alicyclic amines) is 1. The van der Waals surface area contributed by atoms with Crippen LogP contribution in [0.15, 0.2) is 36.7 Å². The van der Waals surface area contributed by atoms with Crippen LogP contribution in [-0.4, -0.2) is 56.2 Å². The Morgan fingerprint density at radius 3 is 2.57 bits per heavy atom. The van der Waals surface area contributed by atoms with E-state index in [1.165, 1.54) is 5.56 Å². The highest BCUT2D eigenvalue weighted by Gasteiger charge is 2.36. The van der Waals surface area contributed by atoms with E-state index in [0.717, 1.165) is 48.2 Å². The summed E-state index contributed by atoms with van der Waals surface area (Å²) in [6.07, 6.45) is 8.82. The second-order valence-corrected chi connectivity index (χ2v) is 9.65. The average Bonchev–Trinajstić information content (AvgIpc) is 3.65. The van der Waals surface area contributed by atoms with Crippen LogP contribution in [0.3, 0.4) is 0 Å². The molecule has 1 saturated heterocycles. The van der Waals surface area contributed by atoms with Crippen LogP contribution in [0.2, 0.25) is 0 Å². The summed E-state index contributed by atoms with van der Waals surface area (Å²) in [5, 5.41) is 4.61. The van der Waals surface area contributed by atoms with E-state index in [2.05, 4.69) is 28.3 Å². The number of piperidine rings is 1. The first-order valence-corrected chi connectivity index (χ1v) is 12.6. The summed E-state index contributed by atoms with van der Waals surface area (Å²) in [5.41, 5.74) is 6.10. The molecule has 2 fully saturated rings. The summed E-state index contributed by atoms with van der Waals surface area (Å²) in [5.74, 6) is 0.500. The molecule has 6 rings (SSSR count). The first-order chi connectivity index (χ1) is 17.1. The maximum Gasteiger partial charge on any atom is 0.309 e. The van der Waals surface area contributed by atoms with Gasteiger partial charge in [0.15, 0.2) is 0 Å². The van der Waals surface area contributed by atoms with Crippen molar-refractivity contribution in [3.8, 4) is 17.2 Å². The van der Waals surface area contributed by atoms with E-state index in [4.69, 9.17) is 9.72 Å². The van der Waals surface area contributed by atoms with Gasteiger partial charge in [-0.15, -0.1) is 0 Å². The molecule has 8 nitrogen and oxygen atoms in total. The Balaban J connectivity index is 1.29. The summed E-state index contributed by atoms with van der Waals surface area (Å²) in [6, 6.07) is 8.38. The number of hydrogen-bond donors (Lipinski definition) is 0. The molecule has 1 aliphatic heterocycles. The fourth-order valence-corrected chi connectivity index (χ4v) is 5.33. The summed E-state index contributed by atoms with van der Waals surface area (Å²) < 4.78 is 6.94. The zero-order valence-electron chi connectivity index (χ0n) is 19.9. The SMILES string of the molecule is CCOC(=O)C1CCN(C(=O)c2cnn(-c3ncc4c(n3)-c3ccccc3CC4)c2C2CC2)CC1. The number of aromatic nitrogens is 4. The van der Waals surface area contributed by atoms with Crippen LogP contribution in [0.4, 0.5) is 0 Å². The number of aryl methyl sites for hydroxylation is 2. The van der Waals surface area contributed by atoms with Gasteiger partial charge in [-0.05, 0) is 56.6 Å². The Morgan fingerprint density at radius 1 is 1.03 bits per heavy atom. The van der Waals surface area contributed by atoms with Gasteiger partial charge < -0.3 is 9.64 Å². The van der Waals surface area contributed by atoms with Gasteiger partial charge in [-0.3, -0.25) is 9.59 Å². The Kier molecular flexibility index (Phi) is 5.59. The number of esters is 1. The number of ether oxygens (including phenoxy) is 1. The van der Waals surface area contributed by atoms with Crippen molar-refractivity contribution in [2.24, 2.45) is 5.92 Å². The molecule has 3 aliphatic rings. The maximum atomic E-state index is 13.5. The van der Waals surface area contributed by atoms with Gasteiger partial charge in [0.25, 0.3) is 11.9 Å². The van der Waals surface area contributed by atoms with Gasteiger partial charge in [0.05, 0.1) is 35.7 Å². The molecule has 0 unspecified atom stereocenters. The number of amides is 1. The average molecular weight is 472 g/mol. The minimum atomic E-state index is -0.155. The van der Waals surface area contributed by atoms with Crippen LogP contribution < -0.4 is 0 Å². The topological polar surface area (TPSA) is 90.2 Å². The highest BCUT2D eigenvalue weighted by atomic mass is 16.5. The number of hydrogen-bond acceptors (Lipinski definition) is 6. The molecule has 8 heteroatoms. The van der Waals surface area contributed by atoms with Gasteiger partial charge in [0, 0.05) is 30.8 Å². The molecule has 0 atom stereocenters. The number of nitrogens with zero attached hydrogens (tertiary/aromatic N) is 5. The number of carbonyl (C=O) groups excluding carboxylic acids is 2. The predicted molar refractivity (Wildman–Crippen MR) is 129 cm³/mol. The van der Waals surface area contributed by atoms with Crippen LogP contribution in [0, 0.1) is 5.92 Å².